The maximum Gasteiger partial charge on any atom is 0.202 e. The molecule has 0 aromatic carbocycles. The summed E-state index contributed by atoms with van der Waals surface area (Å²) in [7, 11) is 0. The Bertz CT molecular complexity index is 388. The fourth-order valence-electron chi connectivity index (χ4n) is 3.84. The lowest BCUT2D eigenvalue weighted by Gasteiger charge is -2.45. The van der Waals surface area contributed by atoms with E-state index in [9.17, 15) is 0 Å². The van der Waals surface area contributed by atoms with Gasteiger partial charge in [0.25, 0.3) is 0 Å². The van der Waals surface area contributed by atoms with Crippen LogP contribution in [0.2, 0.25) is 0 Å². The monoisotopic (exact) mass is 249 g/mol. The second-order valence-electron chi connectivity index (χ2n) is 7.29. The van der Waals surface area contributed by atoms with Crippen LogP contribution in [-0.2, 0) is 6.54 Å². The van der Waals surface area contributed by atoms with E-state index in [4.69, 9.17) is 0 Å². The maximum atomic E-state index is 4.43. The van der Waals surface area contributed by atoms with Crippen molar-refractivity contribution in [2.45, 2.75) is 66.5 Å². The predicted molar refractivity (Wildman–Crippen MR) is 76.7 cm³/mol. The molecule has 0 saturated heterocycles. The molecule has 1 aromatic rings. The lowest BCUT2D eigenvalue weighted by molar-refractivity contribution is 0.105. The Morgan fingerprint density at radius 2 is 1.89 bits per heavy atom. The first-order valence-corrected chi connectivity index (χ1v) is 7.09. The third kappa shape index (κ3) is 3.06. The first kappa shape index (κ1) is 13.4. The lowest BCUT2D eigenvalue weighted by atomic mass is 9.63. The summed E-state index contributed by atoms with van der Waals surface area (Å²) in [6.45, 7) is 12.7. The molecule has 1 fully saturated rings. The van der Waals surface area contributed by atoms with Gasteiger partial charge in [0, 0.05) is 25.0 Å². The van der Waals surface area contributed by atoms with Crippen molar-refractivity contribution in [1.82, 2.24) is 9.55 Å². The van der Waals surface area contributed by atoms with Crippen molar-refractivity contribution in [1.29, 1.82) is 0 Å². The first-order valence-electron chi connectivity index (χ1n) is 7.09. The maximum absolute atomic E-state index is 4.43. The molecule has 0 atom stereocenters. The van der Waals surface area contributed by atoms with Crippen molar-refractivity contribution in [3.63, 3.8) is 0 Å². The summed E-state index contributed by atoms with van der Waals surface area (Å²) in [5.41, 5.74) is 0.839. The van der Waals surface area contributed by atoms with Gasteiger partial charge in [0.05, 0.1) is 0 Å². The van der Waals surface area contributed by atoms with Gasteiger partial charge in [-0.25, -0.2) is 4.98 Å². The Hall–Kier alpha value is -0.990. The van der Waals surface area contributed by atoms with Crippen molar-refractivity contribution in [3.8, 4) is 0 Å². The van der Waals surface area contributed by atoms with Crippen LogP contribution in [0.3, 0.4) is 0 Å². The average Bonchev–Trinajstić information content (AvgIpc) is 2.59. The van der Waals surface area contributed by atoms with E-state index < -0.39 is 0 Å². The van der Waals surface area contributed by atoms with E-state index in [1.54, 1.807) is 0 Å². The smallest absolute Gasteiger partial charge is 0.202 e. The Labute approximate surface area is 111 Å². The molecule has 0 unspecified atom stereocenters. The van der Waals surface area contributed by atoms with E-state index in [-0.39, 0.29) is 0 Å². The molecule has 0 amide bonds. The van der Waals surface area contributed by atoms with Gasteiger partial charge < -0.3 is 9.88 Å². The van der Waals surface area contributed by atoms with Crippen LogP contribution < -0.4 is 5.32 Å². The summed E-state index contributed by atoms with van der Waals surface area (Å²) < 4.78 is 2.18. The van der Waals surface area contributed by atoms with Gasteiger partial charge >= 0.3 is 0 Å². The third-order valence-electron chi connectivity index (χ3n) is 3.94. The van der Waals surface area contributed by atoms with Gasteiger partial charge in [0.1, 0.15) is 0 Å². The van der Waals surface area contributed by atoms with Gasteiger partial charge in [-0.2, -0.15) is 0 Å². The number of hydrogen-bond acceptors (Lipinski definition) is 2. The van der Waals surface area contributed by atoms with Gasteiger partial charge in [-0.05, 0) is 37.0 Å². The second kappa shape index (κ2) is 4.60. The van der Waals surface area contributed by atoms with Crippen LogP contribution in [0.15, 0.2) is 12.4 Å². The molecule has 3 nitrogen and oxygen atoms in total. The Balaban J connectivity index is 2.09. The van der Waals surface area contributed by atoms with Crippen LogP contribution in [0.1, 0.15) is 53.9 Å². The molecule has 2 rings (SSSR count). The molecular weight excluding hydrogens is 222 g/mol. The molecule has 1 aliphatic carbocycles. The van der Waals surface area contributed by atoms with Crippen LogP contribution >= 0.6 is 0 Å². The number of aromatic nitrogens is 2. The van der Waals surface area contributed by atoms with Gasteiger partial charge in [-0.1, -0.05) is 27.7 Å². The highest BCUT2D eigenvalue weighted by atomic mass is 15.2. The van der Waals surface area contributed by atoms with Gasteiger partial charge in [0.15, 0.2) is 0 Å². The predicted octanol–water partition coefficient (Wildman–Crippen LogP) is 3.92. The van der Waals surface area contributed by atoms with Crippen LogP contribution in [-0.4, -0.2) is 15.6 Å². The minimum Gasteiger partial charge on any atom is -0.353 e. The summed E-state index contributed by atoms with van der Waals surface area (Å²) in [6.07, 6.45) is 7.69. The third-order valence-corrected chi connectivity index (χ3v) is 3.94. The lowest BCUT2D eigenvalue weighted by Crippen LogP contribution is -2.40. The summed E-state index contributed by atoms with van der Waals surface area (Å²) in [6, 6.07) is 0.538. The number of nitrogens with zero attached hydrogens (tertiary/aromatic N) is 2. The molecular formula is C15H27N3. The summed E-state index contributed by atoms with van der Waals surface area (Å²) >= 11 is 0. The number of imidazole rings is 1. The molecule has 102 valence electrons. The molecule has 1 aliphatic rings. The fraction of sp³-hybridized carbons (Fsp3) is 0.800. The molecule has 0 radical (unpaired) electrons. The molecule has 0 bridgehead atoms. The second-order valence-corrected chi connectivity index (χ2v) is 7.29. The van der Waals surface area contributed by atoms with Crippen molar-refractivity contribution in [2.24, 2.45) is 10.8 Å². The van der Waals surface area contributed by atoms with Crippen LogP contribution in [0.25, 0.3) is 0 Å². The van der Waals surface area contributed by atoms with Crippen LogP contribution in [0, 0.1) is 10.8 Å². The van der Waals surface area contributed by atoms with Crippen LogP contribution in [0.5, 0.6) is 0 Å². The number of rotatable bonds is 3. The first-order chi connectivity index (χ1) is 8.31. The van der Waals surface area contributed by atoms with E-state index in [0.717, 1.165) is 12.5 Å². The fourth-order valence-corrected chi connectivity index (χ4v) is 3.84. The zero-order valence-electron chi connectivity index (χ0n) is 12.5. The highest BCUT2D eigenvalue weighted by Gasteiger charge is 2.38. The highest BCUT2D eigenvalue weighted by Crippen LogP contribution is 2.46. The van der Waals surface area contributed by atoms with Crippen molar-refractivity contribution >= 4 is 5.95 Å². The van der Waals surface area contributed by atoms with E-state index >= 15 is 0 Å². The van der Waals surface area contributed by atoms with E-state index in [1.165, 1.54) is 19.3 Å². The average molecular weight is 249 g/mol. The van der Waals surface area contributed by atoms with Crippen LogP contribution in [0.4, 0.5) is 5.95 Å². The van der Waals surface area contributed by atoms with Gasteiger partial charge in [-0.15, -0.1) is 0 Å². The standard InChI is InChI=1S/C15H27N3/c1-6-18-8-7-16-13(18)17-12-9-14(2,3)11-15(4,5)10-12/h7-8,12H,6,9-11H2,1-5H3,(H,16,17). The SMILES string of the molecule is CCn1ccnc1NC1CC(C)(C)CC(C)(C)C1. The number of hydrogen-bond donors (Lipinski definition) is 1. The molecule has 1 N–H and O–H groups in total. The molecule has 1 saturated carbocycles. The van der Waals surface area contributed by atoms with Crippen molar-refractivity contribution in [3.05, 3.63) is 12.4 Å². The Morgan fingerprint density at radius 3 is 2.44 bits per heavy atom. The van der Waals surface area contributed by atoms with Crippen molar-refractivity contribution in [2.75, 3.05) is 5.32 Å². The Morgan fingerprint density at radius 1 is 1.28 bits per heavy atom. The minimum absolute atomic E-state index is 0.420. The number of anilines is 1. The summed E-state index contributed by atoms with van der Waals surface area (Å²) in [5.74, 6) is 1.02. The molecule has 18 heavy (non-hydrogen) atoms. The molecule has 0 aliphatic heterocycles. The normalized spacial score (nSPS) is 22.9. The summed E-state index contributed by atoms with van der Waals surface area (Å²) in [4.78, 5) is 4.43. The van der Waals surface area contributed by atoms with Gasteiger partial charge in [-0.3, -0.25) is 0 Å². The molecule has 1 aromatic heterocycles. The Kier molecular flexibility index (Phi) is 3.43. The van der Waals surface area contributed by atoms with E-state index in [2.05, 4.69) is 49.5 Å². The van der Waals surface area contributed by atoms with E-state index in [1.807, 2.05) is 12.4 Å². The zero-order valence-corrected chi connectivity index (χ0v) is 12.5. The summed E-state index contributed by atoms with van der Waals surface area (Å²) in [5, 5.41) is 3.64. The molecule has 1 heterocycles. The zero-order chi connectivity index (χ0) is 13.4. The largest absolute Gasteiger partial charge is 0.353 e. The van der Waals surface area contributed by atoms with Crippen molar-refractivity contribution < 1.29 is 0 Å². The minimum atomic E-state index is 0.420. The quantitative estimate of drug-likeness (QED) is 0.880. The topological polar surface area (TPSA) is 29.9 Å². The molecule has 0 spiro atoms. The molecule has 3 heteroatoms. The number of aryl methyl sites for hydroxylation is 1. The van der Waals surface area contributed by atoms with Gasteiger partial charge in [0.2, 0.25) is 5.95 Å². The highest BCUT2D eigenvalue weighted by molar-refractivity contribution is 5.28. The van der Waals surface area contributed by atoms with E-state index in [0.29, 0.717) is 16.9 Å². The number of nitrogens with one attached hydrogen (secondary N) is 1.